The fourth-order valence-electron chi connectivity index (χ4n) is 5.49. The monoisotopic (exact) mass is 504 g/mol. The number of hydrogen-bond donors (Lipinski definition) is 3. The van der Waals surface area contributed by atoms with E-state index in [4.69, 9.17) is 5.73 Å². The number of aliphatic hydroxyl groups is 1. The Morgan fingerprint density at radius 2 is 1.92 bits per heavy atom. The van der Waals surface area contributed by atoms with Crippen molar-refractivity contribution in [2.45, 2.75) is 96.9 Å². The van der Waals surface area contributed by atoms with E-state index in [1.54, 1.807) is 11.0 Å². The van der Waals surface area contributed by atoms with Gasteiger partial charge < -0.3 is 21.1 Å². The minimum absolute atomic E-state index is 0.00210. The highest BCUT2D eigenvalue weighted by molar-refractivity contribution is 5.96. The molecule has 1 aliphatic carbocycles. The summed E-state index contributed by atoms with van der Waals surface area (Å²) in [6.45, 7) is 10.7. The Labute approximate surface area is 215 Å². The van der Waals surface area contributed by atoms with Crippen molar-refractivity contribution in [3.63, 3.8) is 0 Å². The van der Waals surface area contributed by atoms with E-state index < -0.39 is 17.7 Å². The van der Waals surface area contributed by atoms with Crippen molar-refractivity contribution < 1.29 is 19.1 Å². The highest BCUT2D eigenvalue weighted by Crippen LogP contribution is 2.30. The van der Waals surface area contributed by atoms with Crippen molar-refractivity contribution in [1.82, 2.24) is 10.2 Å². The van der Waals surface area contributed by atoms with Gasteiger partial charge in [-0.05, 0) is 63.6 Å². The summed E-state index contributed by atoms with van der Waals surface area (Å²) in [6, 6.07) is 4.09. The molecule has 1 aliphatic heterocycles. The predicted molar refractivity (Wildman–Crippen MR) is 141 cm³/mol. The number of hydrogen-bond acceptors (Lipinski definition) is 5. The average molecular weight is 505 g/mol. The van der Waals surface area contributed by atoms with Gasteiger partial charge >= 0.3 is 0 Å². The van der Waals surface area contributed by atoms with Gasteiger partial charge in [-0.1, -0.05) is 39.2 Å². The first-order chi connectivity index (χ1) is 16.9. The van der Waals surface area contributed by atoms with Crippen LogP contribution in [0.25, 0.3) is 0 Å². The summed E-state index contributed by atoms with van der Waals surface area (Å²) in [4.78, 5) is 29.7. The number of aliphatic hydroxyl groups excluding tert-OH is 1. The van der Waals surface area contributed by atoms with Crippen LogP contribution in [-0.2, 0) is 9.59 Å². The van der Waals surface area contributed by atoms with Gasteiger partial charge in [-0.25, -0.2) is 4.39 Å². The van der Waals surface area contributed by atoms with Crippen LogP contribution in [0.15, 0.2) is 18.2 Å². The molecule has 0 spiro atoms. The number of anilines is 1. The van der Waals surface area contributed by atoms with Gasteiger partial charge in [0, 0.05) is 42.3 Å². The Balaban J connectivity index is 1.62. The average Bonchev–Trinajstić information content (AvgIpc) is 2.81. The summed E-state index contributed by atoms with van der Waals surface area (Å²) in [5.74, 6) is -0.752. The summed E-state index contributed by atoms with van der Waals surface area (Å²) in [6.07, 6.45) is 4.96. The summed E-state index contributed by atoms with van der Waals surface area (Å²) < 4.78 is 13.9. The molecule has 1 aromatic carbocycles. The van der Waals surface area contributed by atoms with Gasteiger partial charge in [0.1, 0.15) is 5.82 Å². The van der Waals surface area contributed by atoms with Crippen LogP contribution in [0.4, 0.5) is 10.1 Å². The zero-order valence-electron chi connectivity index (χ0n) is 22.6. The topological polar surface area (TPSA) is 98.9 Å². The first-order valence-electron chi connectivity index (χ1n) is 13.4. The highest BCUT2D eigenvalue weighted by Gasteiger charge is 2.40. The number of piperazine rings is 1. The lowest BCUT2D eigenvalue weighted by atomic mass is 9.86. The van der Waals surface area contributed by atoms with Gasteiger partial charge in [-0.3, -0.25) is 14.5 Å². The highest BCUT2D eigenvalue weighted by atomic mass is 19.1. The van der Waals surface area contributed by atoms with Crippen LogP contribution in [-0.4, -0.2) is 65.2 Å². The second kappa shape index (κ2) is 12.0. The predicted octanol–water partition coefficient (Wildman–Crippen LogP) is 3.36. The van der Waals surface area contributed by atoms with Crippen molar-refractivity contribution in [3.8, 4) is 0 Å². The Kier molecular flexibility index (Phi) is 9.52. The number of nitrogens with zero attached hydrogens (tertiary/aromatic N) is 2. The first-order valence-corrected chi connectivity index (χ1v) is 13.4. The molecule has 2 amide bonds. The molecule has 8 heteroatoms. The quantitative estimate of drug-likeness (QED) is 0.479. The van der Waals surface area contributed by atoms with Crippen LogP contribution < -0.4 is 16.0 Å². The van der Waals surface area contributed by atoms with E-state index in [1.165, 1.54) is 18.6 Å². The SMILES string of the molecule is Cc1ccc(F)cc1N1CC(C)(C)N(C[C@H](N)[C@@H](O)C[C@H](C(=O)NC2CCCCC2)C(C)C)CC1=O. The zero-order valence-corrected chi connectivity index (χ0v) is 22.6. The fourth-order valence-corrected chi connectivity index (χ4v) is 5.49. The summed E-state index contributed by atoms with van der Waals surface area (Å²) >= 11 is 0. The number of rotatable bonds is 9. The van der Waals surface area contributed by atoms with Gasteiger partial charge in [0.05, 0.1) is 12.6 Å². The Morgan fingerprint density at radius 1 is 1.25 bits per heavy atom. The molecule has 202 valence electrons. The molecule has 0 bridgehead atoms. The fraction of sp³-hybridized carbons (Fsp3) is 0.714. The molecule has 4 N–H and O–H groups in total. The number of nitrogens with one attached hydrogen (secondary N) is 1. The molecule has 2 aliphatic rings. The number of carbonyl (C=O) groups is 2. The van der Waals surface area contributed by atoms with Gasteiger partial charge in [0.25, 0.3) is 0 Å². The third-order valence-corrected chi connectivity index (χ3v) is 8.00. The van der Waals surface area contributed by atoms with E-state index in [0.717, 1.165) is 31.2 Å². The van der Waals surface area contributed by atoms with Gasteiger partial charge in [-0.15, -0.1) is 0 Å². The number of nitrogens with two attached hydrogens (primary N) is 1. The lowest BCUT2D eigenvalue weighted by molar-refractivity contribution is -0.128. The molecule has 7 nitrogen and oxygen atoms in total. The van der Waals surface area contributed by atoms with Gasteiger partial charge in [-0.2, -0.15) is 0 Å². The van der Waals surface area contributed by atoms with Crippen molar-refractivity contribution in [1.29, 1.82) is 0 Å². The van der Waals surface area contributed by atoms with E-state index in [1.807, 2.05) is 39.5 Å². The number of halogens is 1. The maximum Gasteiger partial charge on any atom is 0.241 e. The number of amides is 2. The van der Waals surface area contributed by atoms with E-state index in [-0.39, 0.29) is 48.5 Å². The normalized spacial score (nSPS) is 21.9. The second-order valence-electron chi connectivity index (χ2n) is 11.8. The molecule has 0 unspecified atom stereocenters. The molecule has 1 heterocycles. The molecule has 1 saturated carbocycles. The zero-order chi connectivity index (χ0) is 26.6. The molecule has 2 fully saturated rings. The van der Waals surface area contributed by atoms with E-state index in [9.17, 15) is 19.1 Å². The molecular formula is C28H45FN4O3. The van der Waals surface area contributed by atoms with Gasteiger partial charge in [0.2, 0.25) is 11.8 Å². The van der Waals surface area contributed by atoms with E-state index >= 15 is 0 Å². The minimum Gasteiger partial charge on any atom is -0.391 e. The first kappa shape index (κ1) is 28.5. The lowest BCUT2D eigenvalue weighted by Gasteiger charge is -2.48. The molecule has 3 atom stereocenters. The summed E-state index contributed by atoms with van der Waals surface area (Å²) in [5.41, 5.74) is 7.43. The Hall–Kier alpha value is -2.03. The number of aryl methyl sites for hydroxylation is 1. The second-order valence-corrected chi connectivity index (χ2v) is 11.8. The molecule has 1 aromatic rings. The minimum atomic E-state index is -0.871. The smallest absolute Gasteiger partial charge is 0.241 e. The maximum atomic E-state index is 13.9. The van der Waals surface area contributed by atoms with Crippen LogP contribution in [0.3, 0.4) is 0 Å². The van der Waals surface area contributed by atoms with Crippen LogP contribution >= 0.6 is 0 Å². The van der Waals surface area contributed by atoms with Crippen LogP contribution in [0.2, 0.25) is 0 Å². The standard InChI is InChI=1S/C28H45FN4O3/c1-18(2)22(27(36)31-21-9-7-6-8-10-21)14-25(34)23(30)15-32-16-26(35)33(17-28(32,4)5)24-13-20(29)12-11-19(24)3/h11-13,18,21-23,25,34H,6-10,14-17,30H2,1-5H3,(H,31,36)/t22-,23-,25-/m0/s1. The van der Waals surface area contributed by atoms with Crippen molar-refractivity contribution in [3.05, 3.63) is 29.6 Å². The molecule has 1 saturated heterocycles. The Bertz CT molecular complexity index is 916. The van der Waals surface area contributed by atoms with Crippen molar-refractivity contribution >= 4 is 17.5 Å². The van der Waals surface area contributed by atoms with E-state index in [0.29, 0.717) is 18.8 Å². The molecule has 0 aromatic heterocycles. The molecular weight excluding hydrogens is 459 g/mol. The van der Waals surface area contributed by atoms with Crippen molar-refractivity contribution in [2.24, 2.45) is 17.6 Å². The maximum absolute atomic E-state index is 13.9. The molecule has 3 rings (SSSR count). The van der Waals surface area contributed by atoms with Crippen LogP contribution in [0.5, 0.6) is 0 Å². The number of benzene rings is 1. The lowest BCUT2D eigenvalue weighted by Crippen LogP contribution is -2.64. The van der Waals surface area contributed by atoms with E-state index in [2.05, 4.69) is 5.32 Å². The van der Waals surface area contributed by atoms with Gasteiger partial charge in [0.15, 0.2) is 0 Å². The summed E-state index contributed by atoms with van der Waals surface area (Å²) in [7, 11) is 0. The number of carbonyl (C=O) groups excluding carboxylic acids is 2. The third kappa shape index (κ3) is 7.05. The van der Waals surface area contributed by atoms with Crippen LogP contribution in [0, 0.1) is 24.6 Å². The molecule has 36 heavy (non-hydrogen) atoms. The third-order valence-electron chi connectivity index (χ3n) is 8.00. The molecule has 0 radical (unpaired) electrons. The largest absolute Gasteiger partial charge is 0.391 e. The Morgan fingerprint density at radius 3 is 2.56 bits per heavy atom. The van der Waals surface area contributed by atoms with Crippen molar-refractivity contribution in [2.75, 3.05) is 24.5 Å². The summed E-state index contributed by atoms with van der Waals surface area (Å²) in [5, 5.41) is 14.2. The van der Waals surface area contributed by atoms with Crippen LogP contribution in [0.1, 0.15) is 71.8 Å².